The van der Waals surface area contributed by atoms with Gasteiger partial charge in [-0.1, -0.05) is 38.1 Å². The molecule has 32 heavy (non-hydrogen) atoms. The van der Waals surface area contributed by atoms with Crippen LogP contribution < -0.4 is 14.8 Å². The van der Waals surface area contributed by atoms with Crippen molar-refractivity contribution in [2.75, 3.05) is 27.7 Å². The summed E-state index contributed by atoms with van der Waals surface area (Å²) in [5.41, 5.74) is 1.52. The number of hydrogen-bond donors (Lipinski definition) is 2. The summed E-state index contributed by atoms with van der Waals surface area (Å²) in [6.45, 7) is 4.15. The Balaban J connectivity index is 1.79. The number of nitrogens with one attached hydrogen (secondary N) is 2. The van der Waals surface area contributed by atoms with E-state index in [1.807, 2.05) is 57.1 Å². The second-order valence-corrected chi connectivity index (χ2v) is 9.92. The van der Waals surface area contributed by atoms with Crippen molar-refractivity contribution in [1.82, 2.24) is 14.9 Å². The molecule has 0 aliphatic carbocycles. The fourth-order valence-corrected chi connectivity index (χ4v) is 4.84. The summed E-state index contributed by atoms with van der Waals surface area (Å²) in [6, 6.07) is 13.6. The average molecular weight is 459 g/mol. The lowest BCUT2D eigenvalue weighted by atomic mass is 10.0. The van der Waals surface area contributed by atoms with Crippen molar-refractivity contribution >= 4 is 21.8 Å². The number of benzene rings is 2. The number of ether oxygens (including phenoxy) is 1. The second-order valence-electron chi connectivity index (χ2n) is 8.27. The van der Waals surface area contributed by atoms with Crippen LogP contribution in [0.3, 0.4) is 0 Å². The third-order valence-electron chi connectivity index (χ3n) is 5.42. The van der Waals surface area contributed by atoms with Crippen molar-refractivity contribution in [2.24, 2.45) is 10.9 Å². The maximum atomic E-state index is 13.1. The number of rotatable bonds is 8. The number of carbonyl (C=O) groups excluding carboxylic acids is 1. The molecule has 2 atom stereocenters. The molecule has 2 aromatic carbocycles. The summed E-state index contributed by atoms with van der Waals surface area (Å²) < 4.78 is 32.4. The third-order valence-corrected chi connectivity index (χ3v) is 6.82. The van der Waals surface area contributed by atoms with Gasteiger partial charge in [0.15, 0.2) is 0 Å². The predicted molar refractivity (Wildman–Crippen MR) is 124 cm³/mol. The number of methoxy groups -OCH3 is 1. The molecule has 0 bridgehead atoms. The SMILES string of the molecule is COc1ccc(C(CNC(=O)[C@@H](N=C2NS(=O)(=O)c3ccccc32)C(C)C)N(C)C)cc1. The van der Waals surface area contributed by atoms with Gasteiger partial charge in [-0.2, -0.15) is 0 Å². The van der Waals surface area contributed by atoms with E-state index in [1.165, 1.54) is 6.07 Å². The topological polar surface area (TPSA) is 100 Å². The minimum absolute atomic E-state index is 0.0453. The summed E-state index contributed by atoms with van der Waals surface area (Å²) in [5, 5.41) is 3.00. The standard InChI is InChI=1S/C23H30N4O4S/c1-15(2)21(25-22-18-8-6-7-9-20(18)32(29,30)26-22)23(28)24-14-19(27(3)4)16-10-12-17(31-5)13-11-16/h6-13,15,19,21H,14H2,1-5H3,(H,24,28)(H,25,26)/t19?,21-/m0/s1. The number of sulfonamides is 1. The van der Waals surface area contributed by atoms with Gasteiger partial charge in [0.25, 0.3) is 10.0 Å². The van der Waals surface area contributed by atoms with Crippen LogP contribution in [0.25, 0.3) is 0 Å². The molecule has 2 aromatic rings. The average Bonchev–Trinajstić information content (AvgIpc) is 3.02. The van der Waals surface area contributed by atoms with Crippen molar-refractivity contribution in [3.05, 3.63) is 59.7 Å². The van der Waals surface area contributed by atoms with Gasteiger partial charge in [0, 0.05) is 12.1 Å². The van der Waals surface area contributed by atoms with Crippen LogP contribution in [0.5, 0.6) is 5.75 Å². The zero-order valence-corrected chi connectivity index (χ0v) is 19.8. The van der Waals surface area contributed by atoms with Gasteiger partial charge >= 0.3 is 0 Å². The second kappa shape index (κ2) is 9.70. The smallest absolute Gasteiger partial charge is 0.263 e. The Hall–Kier alpha value is -2.91. The Morgan fingerprint density at radius 1 is 1.12 bits per heavy atom. The van der Waals surface area contributed by atoms with Crippen LogP contribution in [0.4, 0.5) is 0 Å². The van der Waals surface area contributed by atoms with Gasteiger partial charge in [-0.25, -0.2) is 8.42 Å². The lowest BCUT2D eigenvalue weighted by Gasteiger charge is -2.26. The highest BCUT2D eigenvalue weighted by molar-refractivity contribution is 7.90. The van der Waals surface area contributed by atoms with Gasteiger partial charge in [0.2, 0.25) is 5.91 Å². The summed E-state index contributed by atoms with van der Waals surface area (Å²) >= 11 is 0. The number of nitrogens with zero attached hydrogens (tertiary/aromatic N) is 2. The lowest BCUT2D eigenvalue weighted by molar-refractivity contribution is -0.123. The minimum Gasteiger partial charge on any atom is -0.497 e. The van der Waals surface area contributed by atoms with Crippen LogP contribution in [0.1, 0.15) is 31.0 Å². The van der Waals surface area contributed by atoms with E-state index < -0.39 is 16.1 Å². The van der Waals surface area contributed by atoms with Crippen LogP contribution in [0.2, 0.25) is 0 Å². The molecule has 0 saturated heterocycles. The summed E-state index contributed by atoms with van der Waals surface area (Å²) in [4.78, 5) is 19.8. The first-order chi connectivity index (χ1) is 15.1. The fraction of sp³-hybridized carbons (Fsp3) is 0.391. The Labute approximate surface area is 189 Å². The summed E-state index contributed by atoms with van der Waals surface area (Å²) in [7, 11) is 1.86. The van der Waals surface area contributed by atoms with Gasteiger partial charge in [-0.05, 0) is 49.8 Å². The fourth-order valence-electron chi connectivity index (χ4n) is 3.61. The van der Waals surface area contributed by atoms with E-state index in [9.17, 15) is 13.2 Å². The number of amides is 1. The van der Waals surface area contributed by atoms with E-state index in [0.717, 1.165) is 11.3 Å². The molecule has 8 nitrogen and oxygen atoms in total. The predicted octanol–water partition coefficient (Wildman–Crippen LogP) is 2.18. The summed E-state index contributed by atoms with van der Waals surface area (Å²) in [5.74, 6) is 0.592. The molecule has 0 aromatic heterocycles. The molecule has 1 aliphatic rings. The van der Waals surface area contributed by atoms with Crippen LogP contribution in [-0.4, -0.2) is 58.9 Å². The van der Waals surface area contributed by atoms with Crippen LogP contribution in [0.15, 0.2) is 58.4 Å². The number of hydrogen-bond acceptors (Lipinski definition) is 6. The molecule has 0 spiro atoms. The van der Waals surface area contributed by atoms with Gasteiger partial charge in [-0.15, -0.1) is 0 Å². The molecule has 0 fully saturated rings. The summed E-state index contributed by atoms with van der Waals surface area (Å²) in [6.07, 6.45) is 0. The Morgan fingerprint density at radius 2 is 1.78 bits per heavy atom. The number of carbonyl (C=O) groups is 1. The zero-order valence-electron chi connectivity index (χ0n) is 19.0. The molecule has 1 unspecified atom stereocenters. The van der Waals surface area contributed by atoms with E-state index in [-0.39, 0.29) is 28.6 Å². The molecule has 1 aliphatic heterocycles. The molecule has 2 N–H and O–H groups in total. The number of aliphatic imine (C=N–C) groups is 1. The number of amidine groups is 1. The largest absolute Gasteiger partial charge is 0.497 e. The molecular formula is C23H30N4O4S. The quantitative estimate of drug-likeness (QED) is 0.632. The van der Waals surface area contributed by atoms with Crippen molar-refractivity contribution in [3.8, 4) is 5.75 Å². The maximum Gasteiger partial charge on any atom is 0.263 e. The highest BCUT2D eigenvalue weighted by Crippen LogP contribution is 2.24. The van der Waals surface area contributed by atoms with Gasteiger partial charge in [-0.3, -0.25) is 14.5 Å². The minimum atomic E-state index is -3.66. The van der Waals surface area contributed by atoms with Crippen molar-refractivity contribution < 1.29 is 17.9 Å². The molecular weight excluding hydrogens is 428 g/mol. The van der Waals surface area contributed by atoms with Crippen molar-refractivity contribution in [1.29, 1.82) is 0 Å². The molecule has 9 heteroatoms. The number of fused-ring (bicyclic) bond motifs is 1. The molecule has 172 valence electrons. The monoisotopic (exact) mass is 458 g/mol. The Bertz CT molecular complexity index is 1100. The van der Waals surface area contributed by atoms with Crippen LogP contribution in [-0.2, 0) is 14.8 Å². The number of likely N-dealkylation sites (N-methyl/N-ethyl adjacent to an activating group) is 1. The van der Waals surface area contributed by atoms with Crippen molar-refractivity contribution in [3.63, 3.8) is 0 Å². The highest BCUT2D eigenvalue weighted by atomic mass is 32.2. The van der Waals surface area contributed by atoms with E-state index in [4.69, 9.17) is 4.74 Å². The molecule has 1 heterocycles. The maximum absolute atomic E-state index is 13.1. The Kier molecular flexibility index (Phi) is 7.20. The molecule has 0 saturated carbocycles. The normalized spacial score (nSPS) is 17.7. The van der Waals surface area contributed by atoms with Crippen LogP contribution in [0, 0.1) is 5.92 Å². The highest BCUT2D eigenvalue weighted by Gasteiger charge is 2.32. The van der Waals surface area contributed by atoms with E-state index in [0.29, 0.717) is 12.1 Å². The molecule has 0 radical (unpaired) electrons. The van der Waals surface area contributed by atoms with Gasteiger partial charge < -0.3 is 15.0 Å². The van der Waals surface area contributed by atoms with E-state index >= 15 is 0 Å². The van der Waals surface area contributed by atoms with Crippen molar-refractivity contribution in [2.45, 2.75) is 30.8 Å². The van der Waals surface area contributed by atoms with E-state index in [2.05, 4.69) is 15.0 Å². The first kappa shape index (κ1) is 23.7. The van der Waals surface area contributed by atoms with Gasteiger partial charge in [0.1, 0.15) is 17.6 Å². The van der Waals surface area contributed by atoms with E-state index in [1.54, 1.807) is 25.3 Å². The molecule has 3 rings (SSSR count). The van der Waals surface area contributed by atoms with Crippen LogP contribution >= 0.6 is 0 Å². The zero-order chi connectivity index (χ0) is 23.5. The molecule has 1 amide bonds. The first-order valence-corrected chi connectivity index (χ1v) is 11.9. The van der Waals surface area contributed by atoms with Gasteiger partial charge in [0.05, 0.1) is 18.0 Å². The third kappa shape index (κ3) is 5.11. The lowest BCUT2D eigenvalue weighted by Crippen LogP contribution is -2.42. The Morgan fingerprint density at radius 3 is 2.38 bits per heavy atom. The first-order valence-electron chi connectivity index (χ1n) is 10.4.